The van der Waals surface area contributed by atoms with E-state index in [1.807, 2.05) is 6.07 Å². The zero-order valence-electron chi connectivity index (χ0n) is 13.4. The second kappa shape index (κ2) is 8.20. The van der Waals surface area contributed by atoms with E-state index in [9.17, 15) is 0 Å². The fourth-order valence-corrected chi connectivity index (χ4v) is 2.79. The third-order valence-corrected chi connectivity index (χ3v) is 3.95. The van der Waals surface area contributed by atoms with Gasteiger partial charge in [-0.05, 0) is 45.2 Å². The van der Waals surface area contributed by atoms with Gasteiger partial charge >= 0.3 is 0 Å². The summed E-state index contributed by atoms with van der Waals surface area (Å²) >= 11 is 0. The Hall–Kier alpha value is -1.32. The highest BCUT2D eigenvalue weighted by Gasteiger charge is 2.17. The third-order valence-electron chi connectivity index (χ3n) is 3.95. The van der Waals surface area contributed by atoms with Gasteiger partial charge in [0.15, 0.2) is 0 Å². The number of benzene rings is 1. The van der Waals surface area contributed by atoms with Crippen molar-refractivity contribution < 1.29 is 9.15 Å². The summed E-state index contributed by atoms with van der Waals surface area (Å²) in [6.07, 6.45) is 4.52. The molecule has 1 aromatic heterocycles. The molecule has 0 aliphatic carbocycles. The summed E-state index contributed by atoms with van der Waals surface area (Å²) in [7, 11) is 1.76. The number of furan rings is 1. The number of hydrogen-bond acceptors (Lipinski definition) is 3. The summed E-state index contributed by atoms with van der Waals surface area (Å²) in [4.78, 5) is 0. The quantitative estimate of drug-likeness (QED) is 0.692. The molecule has 0 radical (unpaired) electrons. The number of aryl methyl sites for hydroxylation is 1. The van der Waals surface area contributed by atoms with Crippen LogP contribution in [0.1, 0.15) is 50.5 Å². The first-order chi connectivity index (χ1) is 10.3. The maximum absolute atomic E-state index is 6.06. The van der Waals surface area contributed by atoms with Gasteiger partial charge in [-0.3, -0.25) is 0 Å². The number of nitrogens with one attached hydrogen (secondary N) is 1. The Balaban J connectivity index is 1.94. The van der Waals surface area contributed by atoms with Crippen LogP contribution in [0, 0.1) is 0 Å². The van der Waals surface area contributed by atoms with Gasteiger partial charge < -0.3 is 14.5 Å². The molecule has 0 saturated carbocycles. The van der Waals surface area contributed by atoms with E-state index >= 15 is 0 Å². The molecule has 1 N–H and O–H groups in total. The summed E-state index contributed by atoms with van der Waals surface area (Å²) in [5.41, 5.74) is 2.34. The number of rotatable bonds is 9. The topological polar surface area (TPSA) is 34.4 Å². The van der Waals surface area contributed by atoms with Crippen LogP contribution in [0.15, 0.2) is 28.7 Å². The molecule has 21 heavy (non-hydrogen) atoms. The average Bonchev–Trinajstić information content (AvgIpc) is 2.89. The average molecular weight is 289 g/mol. The number of para-hydroxylation sites is 1. The third kappa shape index (κ3) is 4.08. The van der Waals surface area contributed by atoms with Crippen molar-refractivity contribution in [3.05, 3.63) is 35.6 Å². The van der Waals surface area contributed by atoms with Gasteiger partial charge in [0, 0.05) is 24.7 Å². The fraction of sp³-hybridized carbons (Fsp3) is 0.556. The lowest BCUT2D eigenvalue weighted by Gasteiger charge is -2.13. The predicted octanol–water partition coefficient (Wildman–Crippen LogP) is 4.46. The molecule has 3 heteroatoms. The molecule has 1 aromatic carbocycles. The van der Waals surface area contributed by atoms with Crippen LogP contribution in [-0.2, 0) is 11.2 Å². The van der Waals surface area contributed by atoms with Crippen molar-refractivity contribution in [1.82, 2.24) is 5.32 Å². The zero-order chi connectivity index (χ0) is 15.1. The summed E-state index contributed by atoms with van der Waals surface area (Å²) in [5, 5.41) is 4.83. The van der Waals surface area contributed by atoms with Gasteiger partial charge in [0.25, 0.3) is 0 Å². The molecule has 116 valence electrons. The van der Waals surface area contributed by atoms with E-state index in [4.69, 9.17) is 9.15 Å². The van der Waals surface area contributed by atoms with Gasteiger partial charge in [0.2, 0.25) is 0 Å². The summed E-state index contributed by atoms with van der Waals surface area (Å²) < 4.78 is 11.1. The first-order valence-corrected chi connectivity index (χ1v) is 8.00. The van der Waals surface area contributed by atoms with E-state index < -0.39 is 0 Å². The van der Waals surface area contributed by atoms with E-state index in [0.717, 1.165) is 37.3 Å². The van der Waals surface area contributed by atoms with Gasteiger partial charge in [0.1, 0.15) is 11.3 Å². The van der Waals surface area contributed by atoms with Gasteiger partial charge in [-0.15, -0.1) is 0 Å². The van der Waals surface area contributed by atoms with Crippen molar-refractivity contribution in [1.29, 1.82) is 0 Å². The lowest BCUT2D eigenvalue weighted by atomic mass is 10.0. The molecule has 2 rings (SSSR count). The van der Waals surface area contributed by atoms with Gasteiger partial charge in [-0.2, -0.15) is 0 Å². The second-order valence-corrected chi connectivity index (χ2v) is 5.52. The molecule has 0 amide bonds. The number of hydrogen-bond donors (Lipinski definition) is 1. The number of unbranched alkanes of at least 4 members (excludes halogenated alkanes) is 2. The second-order valence-electron chi connectivity index (χ2n) is 5.52. The Bertz CT molecular complexity index is 547. The van der Waals surface area contributed by atoms with Gasteiger partial charge in [-0.1, -0.05) is 25.1 Å². The highest BCUT2D eigenvalue weighted by Crippen LogP contribution is 2.30. The van der Waals surface area contributed by atoms with Crippen LogP contribution in [-0.4, -0.2) is 20.3 Å². The standard InChI is InChI=1S/C18H27NO2/c1-4-15-16-10-6-7-11-17(16)21-18(15)14(2)19-12-8-5-9-13-20-3/h6-7,10-11,14,19H,4-5,8-9,12-13H2,1-3H3. The van der Waals surface area contributed by atoms with Crippen LogP contribution in [0.25, 0.3) is 11.0 Å². The Morgan fingerprint density at radius 3 is 2.76 bits per heavy atom. The van der Waals surface area contributed by atoms with E-state index in [1.165, 1.54) is 23.8 Å². The normalized spacial score (nSPS) is 12.9. The molecule has 0 aliphatic heterocycles. The van der Waals surface area contributed by atoms with Crippen molar-refractivity contribution in [2.45, 2.75) is 45.6 Å². The fourth-order valence-electron chi connectivity index (χ4n) is 2.79. The predicted molar refractivity (Wildman–Crippen MR) is 87.7 cm³/mol. The maximum atomic E-state index is 6.06. The molecule has 1 unspecified atom stereocenters. The van der Waals surface area contributed by atoms with Gasteiger partial charge in [-0.25, -0.2) is 0 Å². The van der Waals surface area contributed by atoms with E-state index in [2.05, 4.69) is 37.4 Å². The zero-order valence-corrected chi connectivity index (χ0v) is 13.4. The molecule has 3 nitrogen and oxygen atoms in total. The minimum Gasteiger partial charge on any atom is -0.459 e. The van der Waals surface area contributed by atoms with Crippen LogP contribution >= 0.6 is 0 Å². The smallest absolute Gasteiger partial charge is 0.134 e. The van der Waals surface area contributed by atoms with Crippen molar-refractivity contribution in [2.24, 2.45) is 0 Å². The Morgan fingerprint density at radius 2 is 2.00 bits per heavy atom. The molecule has 0 spiro atoms. The molecule has 0 bridgehead atoms. The Morgan fingerprint density at radius 1 is 1.19 bits per heavy atom. The van der Waals surface area contributed by atoms with E-state index in [0.29, 0.717) is 0 Å². The molecule has 0 saturated heterocycles. The highest BCUT2D eigenvalue weighted by atomic mass is 16.5. The Kier molecular flexibility index (Phi) is 6.27. The molecule has 0 fully saturated rings. The summed E-state index contributed by atoms with van der Waals surface area (Å²) in [6.45, 7) is 6.26. The monoisotopic (exact) mass is 289 g/mol. The van der Waals surface area contributed by atoms with Gasteiger partial charge in [0.05, 0.1) is 6.04 Å². The lowest BCUT2D eigenvalue weighted by molar-refractivity contribution is 0.192. The van der Waals surface area contributed by atoms with Crippen LogP contribution in [0.5, 0.6) is 0 Å². The molecule has 1 heterocycles. The minimum atomic E-state index is 0.259. The first-order valence-electron chi connectivity index (χ1n) is 8.00. The maximum Gasteiger partial charge on any atom is 0.134 e. The highest BCUT2D eigenvalue weighted by molar-refractivity contribution is 5.82. The minimum absolute atomic E-state index is 0.259. The molecular formula is C18H27NO2. The first kappa shape index (κ1) is 16.1. The van der Waals surface area contributed by atoms with E-state index in [1.54, 1.807) is 7.11 Å². The largest absolute Gasteiger partial charge is 0.459 e. The van der Waals surface area contributed by atoms with Crippen molar-refractivity contribution in [3.63, 3.8) is 0 Å². The Labute approximate surface area is 127 Å². The summed E-state index contributed by atoms with van der Waals surface area (Å²) in [5.74, 6) is 1.09. The number of methoxy groups -OCH3 is 1. The lowest BCUT2D eigenvalue weighted by Crippen LogP contribution is -2.20. The molecule has 2 aromatic rings. The van der Waals surface area contributed by atoms with Crippen LogP contribution in [0.2, 0.25) is 0 Å². The summed E-state index contributed by atoms with van der Waals surface area (Å²) in [6, 6.07) is 8.57. The van der Waals surface area contributed by atoms with Crippen molar-refractivity contribution >= 4 is 11.0 Å². The van der Waals surface area contributed by atoms with Crippen molar-refractivity contribution in [2.75, 3.05) is 20.3 Å². The van der Waals surface area contributed by atoms with E-state index in [-0.39, 0.29) is 6.04 Å². The molecule has 1 atom stereocenters. The molecular weight excluding hydrogens is 262 g/mol. The van der Waals surface area contributed by atoms with Crippen molar-refractivity contribution in [3.8, 4) is 0 Å². The van der Waals surface area contributed by atoms with Crippen LogP contribution < -0.4 is 5.32 Å². The molecule has 0 aliphatic rings. The number of fused-ring (bicyclic) bond motifs is 1. The van der Waals surface area contributed by atoms with Crippen LogP contribution in [0.4, 0.5) is 0 Å². The SMILES string of the molecule is CCc1c(C(C)NCCCCCOC)oc2ccccc12. The number of ether oxygens (including phenoxy) is 1. The van der Waals surface area contributed by atoms with Crippen LogP contribution in [0.3, 0.4) is 0 Å².